The van der Waals surface area contributed by atoms with Crippen LogP contribution in [0.25, 0.3) is 0 Å². The van der Waals surface area contributed by atoms with Crippen LogP contribution in [-0.2, 0) is 9.59 Å². The zero-order valence-electron chi connectivity index (χ0n) is 13.5. The van der Waals surface area contributed by atoms with Crippen molar-refractivity contribution in [1.82, 2.24) is 10.2 Å². The molecular formula is C16H21N3O3S. The highest BCUT2D eigenvalue weighted by molar-refractivity contribution is 7.98. The minimum Gasteiger partial charge on any atom is -0.326 e. The second kappa shape index (κ2) is 7.50. The molecule has 0 spiro atoms. The summed E-state index contributed by atoms with van der Waals surface area (Å²) in [5.41, 5.74) is 2.73. The Balaban J connectivity index is 1.97. The van der Waals surface area contributed by atoms with E-state index in [4.69, 9.17) is 0 Å². The van der Waals surface area contributed by atoms with Gasteiger partial charge in [-0.05, 0) is 43.9 Å². The van der Waals surface area contributed by atoms with Gasteiger partial charge in [-0.25, -0.2) is 4.79 Å². The van der Waals surface area contributed by atoms with E-state index in [2.05, 4.69) is 10.6 Å². The molecule has 1 aromatic rings. The summed E-state index contributed by atoms with van der Waals surface area (Å²) >= 11 is 1.61. The molecule has 4 amide bonds. The Morgan fingerprint density at radius 1 is 1.35 bits per heavy atom. The number of imide groups is 1. The first-order chi connectivity index (χ1) is 10.9. The van der Waals surface area contributed by atoms with E-state index in [9.17, 15) is 14.4 Å². The first-order valence-corrected chi connectivity index (χ1v) is 8.79. The van der Waals surface area contributed by atoms with Crippen molar-refractivity contribution in [2.75, 3.05) is 23.9 Å². The molecule has 1 fully saturated rings. The minimum atomic E-state index is -0.524. The van der Waals surface area contributed by atoms with Gasteiger partial charge in [0.2, 0.25) is 5.91 Å². The predicted octanol–water partition coefficient (Wildman–Crippen LogP) is 1.92. The Bertz CT molecular complexity index is 633. The zero-order chi connectivity index (χ0) is 17.0. The molecule has 1 aliphatic rings. The Morgan fingerprint density at radius 3 is 2.74 bits per heavy atom. The summed E-state index contributed by atoms with van der Waals surface area (Å²) in [6.07, 6.45) is 2.51. The highest BCUT2D eigenvalue weighted by Gasteiger charge is 2.38. The Labute approximate surface area is 140 Å². The van der Waals surface area contributed by atoms with Gasteiger partial charge in [-0.3, -0.25) is 14.5 Å². The Hall–Kier alpha value is -2.02. The van der Waals surface area contributed by atoms with E-state index in [1.165, 1.54) is 0 Å². The SMILES string of the molecule is CSCC[C@@H]1NC(=O)N(CC(=O)Nc2ccc(C)cc2C)C1=O. The average Bonchev–Trinajstić information content (AvgIpc) is 2.75. The van der Waals surface area contributed by atoms with Crippen LogP contribution in [0.2, 0.25) is 0 Å². The number of amides is 4. The highest BCUT2D eigenvalue weighted by atomic mass is 32.2. The van der Waals surface area contributed by atoms with Gasteiger partial charge in [0.05, 0.1) is 0 Å². The maximum atomic E-state index is 12.2. The largest absolute Gasteiger partial charge is 0.326 e. The fourth-order valence-electron chi connectivity index (χ4n) is 2.45. The Morgan fingerprint density at radius 2 is 2.09 bits per heavy atom. The fraction of sp³-hybridized carbons (Fsp3) is 0.438. The van der Waals surface area contributed by atoms with E-state index in [1.807, 2.05) is 38.3 Å². The summed E-state index contributed by atoms with van der Waals surface area (Å²) in [7, 11) is 0. The van der Waals surface area contributed by atoms with Gasteiger partial charge in [-0.15, -0.1) is 0 Å². The summed E-state index contributed by atoms with van der Waals surface area (Å²) in [5.74, 6) is 0.0602. The van der Waals surface area contributed by atoms with E-state index in [1.54, 1.807) is 11.8 Å². The molecule has 6 nitrogen and oxygen atoms in total. The van der Waals surface area contributed by atoms with Crippen molar-refractivity contribution in [1.29, 1.82) is 0 Å². The van der Waals surface area contributed by atoms with Gasteiger partial charge in [-0.2, -0.15) is 11.8 Å². The Kier molecular flexibility index (Phi) is 5.65. The maximum absolute atomic E-state index is 12.2. The molecule has 0 bridgehead atoms. The molecule has 124 valence electrons. The number of aryl methyl sites for hydroxylation is 2. The lowest BCUT2D eigenvalue weighted by atomic mass is 10.1. The second-order valence-electron chi connectivity index (χ2n) is 5.57. The average molecular weight is 335 g/mol. The van der Waals surface area contributed by atoms with Gasteiger partial charge < -0.3 is 10.6 Å². The zero-order valence-corrected chi connectivity index (χ0v) is 14.3. The normalized spacial score (nSPS) is 17.3. The van der Waals surface area contributed by atoms with Crippen LogP contribution in [0.3, 0.4) is 0 Å². The molecule has 2 N–H and O–H groups in total. The van der Waals surface area contributed by atoms with Gasteiger partial charge in [-0.1, -0.05) is 17.7 Å². The molecule has 0 aliphatic carbocycles. The quantitative estimate of drug-likeness (QED) is 0.779. The lowest BCUT2D eigenvalue weighted by Crippen LogP contribution is -2.38. The van der Waals surface area contributed by atoms with E-state index >= 15 is 0 Å². The number of carbonyl (C=O) groups excluding carboxylic acids is 3. The number of urea groups is 1. The van der Waals surface area contributed by atoms with Gasteiger partial charge in [0.15, 0.2) is 0 Å². The third-order valence-electron chi connectivity index (χ3n) is 3.68. The lowest BCUT2D eigenvalue weighted by molar-refractivity contribution is -0.130. The molecule has 23 heavy (non-hydrogen) atoms. The van der Waals surface area contributed by atoms with Crippen molar-refractivity contribution in [3.63, 3.8) is 0 Å². The van der Waals surface area contributed by atoms with Crippen LogP contribution in [0.5, 0.6) is 0 Å². The second-order valence-corrected chi connectivity index (χ2v) is 6.56. The van der Waals surface area contributed by atoms with Crippen molar-refractivity contribution in [3.8, 4) is 0 Å². The fourth-order valence-corrected chi connectivity index (χ4v) is 2.92. The first kappa shape index (κ1) is 17.3. The van der Waals surface area contributed by atoms with Crippen LogP contribution in [-0.4, -0.2) is 47.3 Å². The monoisotopic (exact) mass is 335 g/mol. The minimum absolute atomic E-state index is 0.270. The number of hydrogen-bond acceptors (Lipinski definition) is 4. The topological polar surface area (TPSA) is 78.5 Å². The predicted molar refractivity (Wildman–Crippen MR) is 91.6 cm³/mol. The van der Waals surface area contributed by atoms with Crippen molar-refractivity contribution >= 4 is 35.3 Å². The van der Waals surface area contributed by atoms with Crippen LogP contribution in [0.4, 0.5) is 10.5 Å². The molecule has 0 unspecified atom stereocenters. The lowest BCUT2D eigenvalue weighted by Gasteiger charge is -2.14. The number of hydrogen-bond donors (Lipinski definition) is 2. The summed E-state index contributed by atoms with van der Waals surface area (Å²) in [6.45, 7) is 3.60. The highest BCUT2D eigenvalue weighted by Crippen LogP contribution is 2.17. The number of nitrogens with zero attached hydrogens (tertiary/aromatic N) is 1. The third kappa shape index (κ3) is 4.25. The van der Waals surface area contributed by atoms with Gasteiger partial charge >= 0.3 is 6.03 Å². The van der Waals surface area contributed by atoms with Crippen molar-refractivity contribution in [2.24, 2.45) is 0 Å². The van der Waals surface area contributed by atoms with Gasteiger partial charge in [0.25, 0.3) is 5.91 Å². The van der Waals surface area contributed by atoms with E-state index in [0.717, 1.165) is 21.8 Å². The molecule has 1 aliphatic heterocycles. The van der Waals surface area contributed by atoms with Crippen LogP contribution in [0, 0.1) is 13.8 Å². The first-order valence-electron chi connectivity index (χ1n) is 7.40. The van der Waals surface area contributed by atoms with Crippen molar-refractivity contribution in [2.45, 2.75) is 26.3 Å². The number of carbonyl (C=O) groups is 3. The van der Waals surface area contributed by atoms with E-state index in [0.29, 0.717) is 12.1 Å². The summed E-state index contributed by atoms with van der Waals surface area (Å²) in [4.78, 5) is 37.1. The molecule has 1 heterocycles. The standard InChI is InChI=1S/C16H21N3O3S/c1-10-4-5-12(11(2)8-10)17-14(20)9-19-15(21)13(6-7-23-3)18-16(19)22/h4-5,8,13H,6-7,9H2,1-3H3,(H,17,20)(H,18,22)/t13-/m0/s1. The van der Waals surface area contributed by atoms with Crippen LogP contribution in [0.15, 0.2) is 18.2 Å². The number of thioether (sulfide) groups is 1. The van der Waals surface area contributed by atoms with Crippen molar-refractivity contribution < 1.29 is 14.4 Å². The van der Waals surface area contributed by atoms with E-state index in [-0.39, 0.29) is 18.4 Å². The molecule has 7 heteroatoms. The number of benzene rings is 1. The van der Waals surface area contributed by atoms with Crippen LogP contribution in [0.1, 0.15) is 17.5 Å². The van der Waals surface area contributed by atoms with Crippen LogP contribution < -0.4 is 10.6 Å². The molecular weight excluding hydrogens is 314 g/mol. The molecule has 1 aromatic carbocycles. The maximum Gasteiger partial charge on any atom is 0.325 e. The molecule has 2 rings (SSSR count). The molecule has 0 aromatic heterocycles. The van der Waals surface area contributed by atoms with Crippen LogP contribution >= 0.6 is 11.8 Å². The molecule has 1 saturated heterocycles. The number of nitrogens with one attached hydrogen (secondary N) is 2. The van der Waals surface area contributed by atoms with Gasteiger partial charge in [0, 0.05) is 5.69 Å². The van der Waals surface area contributed by atoms with E-state index < -0.39 is 12.1 Å². The molecule has 0 radical (unpaired) electrons. The number of rotatable bonds is 6. The summed E-state index contributed by atoms with van der Waals surface area (Å²) in [6, 6.07) is 4.65. The van der Waals surface area contributed by atoms with Crippen molar-refractivity contribution in [3.05, 3.63) is 29.3 Å². The van der Waals surface area contributed by atoms with Gasteiger partial charge in [0.1, 0.15) is 12.6 Å². The number of anilines is 1. The summed E-state index contributed by atoms with van der Waals surface area (Å²) in [5, 5.41) is 5.37. The summed E-state index contributed by atoms with van der Waals surface area (Å²) < 4.78 is 0. The third-order valence-corrected chi connectivity index (χ3v) is 4.32. The molecule has 0 saturated carbocycles. The smallest absolute Gasteiger partial charge is 0.325 e. The molecule has 1 atom stereocenters.